The molecule has 0 bridgehead atoms. The standard InChI is InChI=1S/C16H14N2O2.C2HF3O2/c1-11-13(6-4-8-17-11)10-18-14-7-3-2-5-12(14)9-15(18)16(19)20;3-2(4,5)1(6)7/h2-9H,10H2,1H3,(H,19,20);(H,6,7). The summed E-state index contributed by atoms with van der Waals surface area (Å²) < 4.78 is 33.6. The van der Waals surface area contributed by atoms with Gasteiger partial charge in [-0.1, -0.05) is 24.3 Å². The van der Waals surface area contributed by atoms with Gasteiger partial charge in [-0.3, -0.25) is 4.98 Å². The summed E-state index contributed by atoms with van der Waals surface area (Å²) in [6.45, 7) is 2.44. The number of carbonyl (C=O) groups is 2. The molecule has 0 aliphatic rings. The third kappa shape index (κ3) is 4.84. The molecule has 0 unspecified atom stereocenters. The zero-order valence-corrected chi connectivity index (χ0v) is 14.1. The van der Waals surface area contributed by atoms with Crippen LogP contribution in [-0.4, -0.2) is 37.9 Å². The van der Waals surface area contributed by atoms with E-state index in [2.05, 4.69) is 4.98 Å². The molecule has 0 spiro atoms. The van der Waals surface area contributed by atoms with Crippen LogP contribution in [-0.2, 0) is 11.3 Å². The van der Waals surface area contributed by atoms with E-state index >= 15 is 0 Å². The van der Waals surface area contributed by atoms with Crippen molar-refractivity contribution in [3.63, 3.8) is 0 Å². The Labute approximate surface area is 151 Å². The van der Waals surface area contributed by atoms with Gasteiger partial charge in [-0.2, -0.15) is 13.2 Å². The fourth-order valence-corrected chi connectivity index (χ4v) is 2.41. The van der Waals surface area contributed by atoms with Crippen molar-refractivity contribution in [1.82, 2.24) is 9.55 Å². The van der Waals surface area contributed by atoms with Gasteiger partial charge in [0, 0.05) is 22.8 Å². The predicted molar refractivity (Wildman–Crippen MR) is 90.7 cm³/mol. The number of nitrogens with zero attached hydrogens (tertiary/aromatic N) is 2. The first-order valence-corrected chi connectivity index (χ1v) is 7.63. The van der Waals surface area contributed by atoms with Gasteiger partial charge in [-0.25, -0.2) is 9.59 Å². The Hall–Kier alpha value is -3.36. The molecule has 0 atom stereocenters. The van der Waals surface area contributed by atoms with E-state index < -0.39 is 18.1 Å². The maximum Gasteiger partial charge on any atom is 0.490 e. The van der Waals surface area contributed by atoms with Crippen LogP contribution in [0.2, 0.25) is 0 Å². The van der Waals surface area contributed by atoms with E-state index in [1.165, 1.54) is 0 Å². The number of rotatable bonds is 3. The molecule has 0 saturated carbocycles. The Morgan fingerprint density at radius 3 is 2.30 bits per heavy atom. The minimum atomic E-state index is -5.08. The highest BCUT2D eigenvalue weighted by molar-refractivity contribution is 5.94. The van der Waals surface area contributed by atoms with Gasteiger partial charge >= 0.3 is 18.1 Å². The van der Waals surface area contributed by atoms with Crippen LogP contribution >= 0.6 is 0 Å². The number of carboxylic acids is 2. The molecule has 0 radical (unpaired) electrons. The van der Waals surface area contributed by atoms with Crippen LogP contribution < -0.4 is 0 Å². The first-order chi connectivity index (χ1) is 12.6. The monoisotopic (exact) mass is 380 g/mol. The molecule has 3 aromatic rings. The lowest BCUT2D eigenvalue weighted by Gasteiger charge is -2.10. The Morgan fingerprint density at radius 2 is 1.74 bits per heavy atom. The van der Waals surface area contributed by atoms with Gasteiger partial charge in [0.1, 0.15) is 5.69 Å². The van der Waals surface area contributed by atoms with Gasteiger partial charge < -0.3 is 14.8 Å². The van der Waals surface area contributed by atoms with Crippen molar-refractivity contribution < 1.29 is 33.0 Å². The molecule has 9 heteroatoms. The van der Waals surface area contributed by atoms with E-state index in [-0.39, 0.29) is 0 Å². The summed E-state index contributed by atoms with van der Waals surface area (Å²) in [6.07, 6.45) is -3.34. The van der Waals surface area contributed by atoms with Crippen molar-refractivity contribution in [2.24, 2.45) is 0 Å². The number of aliphatic carboxylic acids is 1. The molecule has 3 rings (SSSR count). The van der Waals surface area contributed by atoms with Crippen molar-refractivity contribution in [2.45, 2.75) is 19.6 Å². The molecule has 6 nitrogen and oxygen atoms in total. The number of para-hydroxylation sites is 1. The number of hydrogen-bond acceptors (Lipinski definition) is 3. The maximum atomic E-state index is 11.4. The summed E-state index contributed by atoms with van der Waals surface area (Å²) in [4.78, 5) is 24.6. The van der Waals surface area contributed by atoms with Crippen molar-refractivity contribution in [3.8, 4) is 0 Å². The highest BCUT2D eigenvalue weighted by Gasteiger charge is 2.38. The van der Waals surface area contributed by atoms with Crippen LogP contribution in [0.4, 0.5) is 13.2 Å². The zero-order chi connectivity index (χ0) is 20.2. The molecular formula is C18H15F3N2O4. The number of carboxylic acid groups (broad SMARTS) is 2. The van der Waals surface area contributed by atoms with Crippen LogP contribution in [0.1, 0.15) is 21.7 Å². The van der Waals surface area contributed by atoms with Crippen molar-refractivity contribution >= 4 is 22.8 Å². The molecule has 27 heavy (non-hydrogen) atoms. The average Bonchev–Trinajstić information content (AvgIpc) is 2.96. The number of alkyl halides is 3. The second kappa shape index (κ2) is 7.90. The Balaban J connectivity index is 0.000000321. The lowest BCUT2D eigenvalue weighted by Crippen LogP contribution is -2.21. The molecule has 1 aromatic carbocycles. The van der Waals surface area contributed by atoms with E-state index in [9.17, 15) is 23.1 Å². The molecule has 2 N–H and O–H groups in total. The summed E-state index contributed by atoms with van der Waals surface area (Å²) in [6, 6.07) is 13.2. The van der Waals surface area contributed by atoms with Crippen molar-refractivity contribution in [3.05, 3.63) is 65.6 Å². The number of hydrogen-bond donors (Lipinski definition) is 2. The second-order valence-corrected chi connectivity index (χ2v) is 5.53. The van der Waals surface area contributed by atoms with E-state index in [0.717, 1.165) is 22.2 Å². The number of halogens is 3. The van der Waals surface area contributed by atoms with Crippen LogP contribution in [0.5, 0.6) is 0 Å². The quantitative estimate of drug-likeness (QED) is 0.722. The van der Waals surface area contributed by atoms with Crippen molar-refractivity contribution in [2.75, 3.05) is 0 Å². The minimum Gasteiger partial charge on any atom is -0.477 e. The summed E-state index contributed by atoms with van der Waals surface area (Å²) >= 11 is 0. The molecule has 0 fully saturated rings. The summed E-state index contributed by atoms with van der Waals surface area (Å²) in [5, 5.41) is 17.4. The number of benzene rings is 1. The first kappa shape index (κ1) is 20.0. The fourth-order valence-electron chi connectivity index (χ4n) is 2.41. The minimum absolute atomic E-state index is 0.300. The maximum absolute atomic E-state index is 11.4. The van der Waals surface area contributed by atoms with E-state index in [1.807, 2.05) is 47.9 Å². The molecule has 2 heterocycles. The Morgan fingerprint density at radius 1 is 1.11 bits per heavy atom. The smallest absolute Gasteiger partial charge is 0.477 e. The van der Waals surface area contributed by atoms with E-state index in [4.69, 9.17) is 9.90 Å². The van der Waals surface area contributed by atoms with Gasteiger partial charge in [0.15, 0.2) is 0 Å². The largest absolute Gasteiger partial charge is 0.490 e. The number of pyridine rings is 1. The van der Waals surface area contributed by atoms with Crippen LogP contribution in [0.3, 0.4) is 0 Å². The van der Waals surface area contributed by atoms with Gasteiger partial charge in [-0.05, 0) is 30.7 Å². The fraction of sp³-hybridized carbons (Fsp3) is 0.167. The molecule has 0 saturated heterocycles. The predicted octanol–water partition coefficient (Wildman–Crippen LogP) is 3.72. The molecule has 0 amide bonds. The zero-order valence-electron chi connectivity index (χ0n) is 14.1. The third-order valence-corrected chi connectivity index (χ3v) is 3.72. The molecule has 0 aliphatic heterocycles. The van der Waals surface area contributed by atoms with Gasteiger partial charge in [-0.15, -0.1) is 0 Å². The molecule has 142 valence electrons. The second-order valence-electron chi connectivity index (χ2n) is 5.53. The van der Waals surface area contributed by atoms with E-state index in [1.54, 1.807) is 12.3 Å². The number of aromatic nitrogens is 2. The van der Waals surface area contributed by atoms with E-state index in [0.29, 0.717) is 12.2 Å². The highest BCUT2D eigenvalue weighted by Crippen LogP contribution is 2.22. The van der Waals surface area contributed by atoms with Crippen LogP contribution in [0, 0.1) is 6.92 Å². The van der Waals surface area contributed by atoms with Crippen LogP contribution in [0.15, 0.2) is 48.7 Å². The van der Waals surface area contributed by atoms with Gasteiger partial charge in [0.05, 0.1) is 6.54 Å². The Bertz CT molecular complexity index is 980. The lowest BCUT2D eigenvalue weighted by atomic mass is 10.2. The topological polar surface area (TPSA) is 92.4 Å². The number of fused-ring (bicyclic) bond motifs is 1. The first-order valence-electron chi connectivity index (χ1n) is 7.63. The normalized spacial score (nSPS) is 11.0. The SMILES string of the molecule is Cc1ncccc1Cn1c(C(=O)O)cc2ccccc21.O=C(O)C(F)(F)F. The summed E-state index contributed by atoms with van der Waals surface area (Å²) in [5.41, 5.74) is 3.17. The third-order valence-electron chi connectivity index (χ3n) is 3.72. The highest BCUT2D eigenvalue weighted by atomic mass is 19.4. The van der Waals surface area contributed by atoms with Crippen molar-refractivity contribution in [1.29, 1.82) is 0 Å². The van der Waals surface area contributed by atoms with Gasteiger partial charge in [0.2, 0.25) is 0 Å². The molecule has 0 aliphatic carbocycles. The van der Waals surface area contributed by atoms with Gasteiger partial charge in [0.25, 0.3) is 0 Å². The molecular weight excluding hydrogens is 365 g/mol. The lowest BCUT2D eigenvalue weighted by molar-refractivity contribution is -0.192. The Kier molecular flexibility index (Phi) is 5.84. The molecule has 2 aromatic heterocycles. The average molecular weight is 380 g/mol. The number of aryl methyl sites for hydroxylation is 1. The van der Waals surface area contributed by atoms with Crippen LogP contribution in [0.25, 0.3) is 10.9 Å². The number of aromatic carboxylic acids is 1. The summed E-state index contributed by atoms with van der Waals surface area (Å²) in [7, 11) is 0. The summed E-state index contributed by atoms with van der Waals surface area (Å²) in [5.74, 6) is -3.67.